The first-order chi connectivity index (χ1) is 9.01. The van der Waals surface area contributed by atoms with E-state index in [1.807, 2.05) is 6.92 Å². The Hall–Kier alpha value is -1.47. The van der Waals surface area contributed by atoms with Crippen LogP contribution in [-0.2, 0) is 23.9 Å². The molecule has 7 nitrogen and oxygen atoms in total. The van der Waals surface area contributed by atoms with Crippen molar-refractivity contribution in [1.29, 1.82) is 0 Å². The molecule has 0 amide bonds. The monoisotopic (exact) mass is 274 g/mol. The quantitative estimate of drug-likeness (QED) is 0.360. The van der Waals surface area contributed by atoms with Crippen LogP contribution in [0.25, 0.3) is 0 Å². The minimum atomic E-state index is -2.27. The Morgan fingerprint density at radius 3 is 2.53 bits per heavy atom. The number of ether oxygens (including phenoxy) is 2. The number of carbonyl (C=O) groups is 3. The van der Waals surface area contributed by atoms with E-state index < -0.39 is 42.6 Å². The van der Waals surface area contributed by atoms with Crippen LogP contribution in [0.1, 0.15) is 32.6 Å². The van der Waals surface area contributed by atoms with Gasteiger partial charge in [0.1, 0.15) is 6.61 Å². The lowest BCUT2D eigenvalue weighted by atomic mass is 9.93. The van der Waals surface area contributed by atoms with Crippen LogP contribution < -0.4 is 0 Å². The zero-order valence-electron chi connectivity index (χ0n) is 10.8. The van der Waals surface area contributed by atoms with Crippen LogP contribution in [-0.4, -0.2) is 52.9 Å². The number of rotatable bonds is 7. The van der Waals surface area contributed by atoms with Crippen molar-refractivity contribution in [1.82, 2.24) is 0 Å². The van der Waals surface area contributed by atoms with E-state index in [0.717, 1.165) is 12.8 Å². The predicted molar refractivity (Wildman–Crippen MR) is 62.0 cm³/mol. The molecule has 19 heavy (non-hydrogen) atoms. The first-order valence-corrected chi connectivity index (χ1v) is 6.20. The van der Waals surface area contributed by atoms with Gasteiger partial charge in [-0.25, -0.2) is 9.59 Å². The van der Waals surface area contributed by atoms with Gasteiger partial charge in [0.25, 0.3) is 5.60 Å². The summed E-state index contributed by atoms with van der Waals surface area (Å²) in [6, 6.07) is 0. The van der Waals surface area contributed by atoms with Crippen LogP contribution >= 0.6 is 0 Å². The summed E-state index contributed by atoms with van der Waals surface area (Å²) in [6.07, 6.45) is 0.785. The van der Waals surface area contributed by atoms with Crippen LogP contribution in [0.3, 0.4) is 0 Å². The molecule has 0 spiro atoms. The molecule has 1 heterocycles. The third kappa shape index (κ3) is 3.10. The number of hydrogen-bond acceptors (Lipinski definition) is 7. The molecule has 0 aliphatic carbocycles. The van der Waals surface area contributed by atoms with Crippen molar-refractivity contribution in [2.45, 2.75) is 44.3 Å². The van der Waals surface area contributed by atoms with E-state index in [1.54, 1.807) is 0 Å². The molecule has 2 atom stereocenters. The normalized spacial score (nSPS) is 26.8. The second kappa shape index (κ2) is 6.63. The highest BCUT2D eigenvalue weighted by Gasteiger charge is 2.55. The molecule has 1 saturated heterocycles. The van der Waals surface area contributed by atoms with Gasteiger partial charge in [-0.2, -0.15) is 0 Å². The zero-order chi connectivity index (χ0) is 14.5. The molecule has 1 rings (SSSR count). The lowest BCUT2D eigenvalue weighted by Gasteiger charge is -2.34. The molecule has 2 unspecified atom stereocenters. The van der Waals surface area contributed by atoms with E-state index in [1.165, 1.54) is 0 Å². The van der Waals surface area contributed by atoms with Crippen molar-refractivity contribution in [2.24, 2.45) is 0 Å². The summed E-state index contributed by atoms with van der Waals surface area (Å²) in [4.78, 5) is 35.2. The number of unbranched alkanes of at least 4 members (excludes halogenated alkanes) is 2. The van der Waals surface area contributed by atoms with Crippen LogP contribution in [0.5, 0.6) is 0 Å². The van der Waals surface area contributed by atoms with Gasteiger partial charge < -0.3 is 19.7 Å². The zero-order valence-corrected chi connectivity index (χ0v) is 10.8. The van der Waals surface area contributed by atoms with Crippen molar-refractivity contribution < 1.29 is 34.1 Å². The van der Waals surface area contributed by atoms with Gasteiger partial charge in [-0.05, 0) is 6.42 Å². The second-order valence-corrected chi connectivity index (χ2v) is 4.36. The smallest absolute Gasteiger partial charge is 0.362 e. The number of cyclic esters (lactones) is 2. The highest BCUT2D eigenvalue weighted by molar-refractivity contribution is 6.10. The summed E-state index contributed by atoms with van der Waals surface area (Å²) >= 11 is 0. The molecule has 0 aromatic heterocycles. The van der Waals surface area contributed by atoms with Crippen molar-refractivity contribution >= 4 is 17.7 Å². The van der Waals surface area contributed by atoms with E-state index in [9.17, 15) is 19.5 Å². The molecule has 1 fully saturated rings. The fourth-order valence-corrected chi connectivity index (χ4v) is 1.76. The second-order valence-electron chi connectivity index (χ2n) is 4.36. The molecule has 0 bridgehead atoms. The first kappa shape index (κ1) is 15.6. The molecule has 108 valence electrons. The van der Waals surface area contributed by atoms with Gasteiger partial charge in [-0.1, -0.05) is 19.8 Å². The van der Waals surface area contributed by atoms with Crippen molar-refractivity contribution in [3.05, 3.63) is 0 Å². The van der Waals surface area contributed by atoms with Crippen LogP contribution in [0, 0.1) is 0 Å². The largest absolute Gasteiger partial charge is 0.444 e. The van der Waals surface area contributed by atoms with Gasteiger partial charge in [-0.3, -0.25) is 4.79 Å². The van der Waals surface area contributed by atoms with Gasteiger partial charge in [0.05, 0.1) is 6.61 Å². The Morgan fingerprint density at radius 2 is 2.00 bits per heavy atom. The maximum Gasteiger partial charge on any atom is 0.362 e. The number of Topliss-reactive ketones (excluding diaryl/α,β-unsaturated/α-hetero) is 1. The van der Waals surface area contributed by atoms with Gasteiger partial charge in [0.2, 0.25) is 6.10 Å². The van der Waals surface area contributed by atoms with Crippen molar-refractivity contribution in [2.75, 3.05) is 13.2 Å². The summed E-state index contributed by atoms with van der Waals surface area (Å²) in [5, 5.41) is 18.1. The molecule has 0 radical (unpaired) electrons. The number of aliphatic hydroxyl groups excluding tert-OH is 2. The number of aliphatic hydroxyl groups is 2. The van der Waals surface area contributed by atoms with E-state index in [4.69, 9.17) is 9.84 Å². The minimum Gasteiger partial charge on any atom is -0.444 e. The Kier molecular flexibility index (Phi) is 5.44. The highest BCUT2D eigenvalue weighted by atomic mass is 16.7. The first-order valence-electron chi connectivity index (χ1n) is 6.20. The average Bonchev–Trinajstić information content (AvgIpc) is 2.41. The van der Waals surface area contributed by atoms with Gasteiger partial charge in [0, 0.05) is 6.42 Å². The van der Waals surface area contributed by atoms with E-state index in [-0.39, 0.29) is 6.42 Å². The highest BCUT2D eigenvalue weighted by Crippen LogP contribution is 2.24. The molecule has 0 aromatic carbocycles. The Morgan fingerprint density at radius 1 is 1.32 bits per heavy atom. The molecular weight excluding hydrogens is 256 g/mol. The maximum absolute atomic E-state index is 12.0. The lowest BCUT2D eigenvalue weighted by molar-refractivity contribution is -0.217. The average molecular weight is 274 g/mol. The predicted octanol–water partition coefficient (Wildman–Crippen LogP) is -0.672. The molecule has 1 aliphatic rings. The third-order valence-electron chi connectivity index (χ3n) is 2.96. The molecule has 0 aromatic rings. The number of carbonyl (C=O) groups excluding carboxylic acids is 3. The fraction of sp³-hybridized carbons (Fsp3) is 0.750. The number of hydrogen-bond donors (Lipinski definition) is 2. The molecule has 2 N–H and O–H groups in total. The Labute approximate surface area is 110 Å². The van der Waals surface area contributed by atoms with Crippen LogP contribution in [0.2, 0.25) is 0 Å². The van der Waals surface area contributed by atoms with Gasteiger partial charge >= 0.3 is 11.9 Å². The van der Waals surface area contributed by atoms with Crippen LogP contribution in [0.15, 0.2) is 0 Å². The van der Waals surface area contributed by atoms with Gasteiger partial charge in [-0.15, -0.1) is 0 Å². The van der Waals surface area contributed by atoms with E-state index in [2.05, 4.69) is 4.74 Å². The van der Waals surface area contributed by atoms with Crippen molar-refractivity contribution in [3.63, 3.8) is 0 Å². The maximum atomic E-state index is 12.0. The third-order valence-corrected chi connectivity index (χ3v) is 2.96. The number of ketones is 1. The molecule has 7 heteroatoms. The topological polar surface area (TPSA) is 110 Å². The Balaban J connectivity index is 2.82. The lowest BCUT2D eigenvalue weighted by Crippen LogP contribution is -2.61. The van der Waals surface area contributed by atoms with Crippen LogP contribution in [0.4, 0.5) is 0 Å². The SMILES string of the molecule is CCCCCC(=O)C1(CO)OC(=O)C(CO)OC1=O. The summed E-state index contributed by atoms with van der Waals surface area (Å²) in [6.45, 7) is 0.268. The standard InChI is InChI=1S/C12H18O7/c1-2-3-4-5-9(15)12(7-14)11(17)18-8(6-13)10(16)19-12/h8,13-14H,2-7H2,1H3. The fourth-order valence-electron chi connectivity index (χ4n) is 1.76. The summed E-state index contributed by atoms with van der Waals surface area (Å²) in [5.74, 6) is -2.84. The summed E-state index contributed by atoms with van der Waals surface area (Å²) < 4.78 is 9.40. The minimum absolute atomic E-state index is 0.0145. The Bertz CT molecular complexity index is 365. The molecule has 0 saturated carbocycles. The summed E-state index contributed by atoms with van der Waals surface area (Å²) in [7, 11) is 0. The van der Waals surface area contributed by atoms with E-state index in [0.29, 0.717) is 6.42 Å². The molecular formula is C12H18O7. The number of esters is 2. The molecule has 1 aliphatic heterocycles. The van der Waals surface area contributed by atoms with E-state index >= 15 is 0 Å². The summed E-state index contributed by atoms with van der Waals surface area (Å²) in [5.41, 5.74) is -2.27. The van der Waals surface area contributed by atoms with Gasteiger partial charge in [0.15, 0.2) is 5.78 Å². The van der Waals surface area contributed by atoms with Crippen molar-refractivity contribution in [3.8, 4) is 0 Å².